The van der Waals surface area contributed by atoms with Gasteiger partial charge in [-0.2, -0.15) is 0 Å². The highest BCUT2D eigenvalue weighted by Gasteiger charge is 2.48. The van der Waals surface area contributed by atoms with Crippen molar-refractivity contribution in [3.05, 3.63) is 229 Å². The number of hydrogen-bond acceptors (Lipinski definition) is 2. The topological polar surface area (TPSA) is 24.1 Å². The summed E-state index contributed by atoms with van der Waals surface area (Å²) < 4.78 is 0. The molecule has 11 rings (SSSR count). The highest BCUT2D eigenvalue weighted by Crippen LogP contribution is 2.62. The molecule has 0 radical (unpaired) electrons. The van der Waals surface area contributed by atoms with E-state index >= 15 is 0 Å². The van der Waals surface area contributed by atoms with Gasteiger partial charge in [-0.15, -0.1) is 0 Å². The lowest BCUT2D eigenvalue weighted by Crippen LogP contribution is -2.27. The van der Waals surface area contributed by atoms with Crippen molar-refractivity contribution in [2.75, 3.05) is 10.6 Å². The minimum Gasteiger partial charge on any atom is -0.356 e. The van der Waals surface area contributed by atoms with Gasteiger partial charge in [-0.05, 0) is 175 Å². The zero-order valence-electron chi connectivity index (χ0n) is 55.4. The van der Waals surface area contributed by atoms with Crippen molar-refractivity contribution < 1.29 is 0 Å². The molecule has 2 aliphatic carbocycles. The first kappa shape index (κ1) is 64.1. The Bertz CT molecular complexity index is 3390. The van der Waals surface area contributed by atoms with Gasteiger partial charge in [0.15, 0.2) is 0 Å². The number of unbranched alkanes of at least 4 members (excludes halogenated alkanes) is 20. The highest BCUT2D eigenvalue weighted by atomic mass is 14.9. The molecule has 0 amide bonds. The van der Waals surface area contributed by atoms with E-state index in [1.165, 1.54) is 258 Å². The van der Waals surface area contributed by atoms with Crippen LogP contribution in [0.25, 0.3) is 66.8 Å². The summed E-state index contributed by atoms with van der Waals surface area (Å²) in [7, 11) is 0. The predicted octanol–water partition coefficient (Wildman–Crippen LogP) is 27.4. The predicted molar refractivity (Wildman–Crippen MR) is 392 cm³/mol. The van der Waals surface area contributed by atoms with E-state index in [0.717, 1.165) is 11.4 Å². The van der Waals surface area contributed by atoms with Gasteiger partial charge >= 0.3 is 0 Å². The third-order valence-electron chi connectivity index (χ3n) is 20.7. The van der Waals surface area contributed by atoms with Crippen LogP contribution in [-0.2, 0) is 10.8 Å². The Balaban J connectivity index is 0.992. The molecule has 2 nitrogen and oxygen atoms in total. The Morgan fingerprint density at radius 1 is 0.211 bits per heavy atom. The molecule has 0 fully saturated rings. The lowest BCUT2D eigenvalue weighted by molar-refractivity contribution is 0.394. The van der Waals surface area contributed by atoms with Crippen LogP contribution in [0.15, 0.2) is 206 Å². The van der Waals surface area contributed by atoms with Gasteiger partial charge in [-0.1, -0.05) is 327 Å². The van der Waals surface area contributed by atoms with Crippen molar-refractivity contribution in [3.63, 3.8) is 0 Å². The number of rotatable bonds is 36. The van der Waals surface area contributed by atoms with E-state index in [0.29, 0.717) is 0 Å². The summed E-state index contributed by atoms with van der Waals surface area (Å²) in [5.74, 6) is 0. The monoisotopic (exact) mass is 1190 g/mol. The normalized spacial score (nSPS) is 13.2. The van der Waals surface area contributed by atoms with Crippen molar-refractivity contribution in [3.8, 4) is 66.8 Å². The van der Waals surface area contributed by atoms with Crippen molar-refractivity contribution in [1.29, 1.82) is 0 Å². The van der Waals surface area contributed by atoms with Crippen LogP contribution in [0.1, 0.15) is 230 Å². The van der Waals surface area contributed by atoms with Crippen LogP contribution >= 0.6 is 0 Å². The van der Waals surface area contributed by atoms with E-state index in [4.69, 9.17) is 0 Å². The molecule has 0 unspecified atom stereocenters. The smallest absolute Gasteiger partial charge is 0.0387 e. The molecule has 90 heavy (non-hydrogen) atoms. The van der Waals surface area contributed by atoms with E-state index in [2.05, 4.69) is 245 Å². The van der Waals surface area contributed by atoms with Crippen LogP contribution in [0, 0.1) is 0 Å². The molecule has 0 aliphatic heterocycles. The van der Waals surface area contributed by atoms with Crippen LogP contribution in [0.2, 0.25) is 0 Å². The highest BCUT2D eigenvalue weighted by molar-refractivity contribution is 5.92. The number of benzene rings is 9. The van der Waals surface area contributed by atoms with E-state index in [1.54, 1.807) is 22.3 Å². The van der Waals surface area contributed by atoms with Crippen molar-refractivity contribution in [2.24, 2.45) is 0 Å². The molecule has 466 valence electrons. The van der Waals surface area contributed by atoms with E-state index in [1.807, 2.05) is 0 Å². The van der Waals surface area contributed by atoms with Gasteiger partial charge in [0, 0.05) is 33.6 Å². The zero-order chi connectivity index (χ0) is 61.8. The largest absolute Gasteiger partial charge is 0.356 e. The van der Waals surface area contributed by atoms with Gasteiger partial charge in [-0.25, -0.2) is 0 Å². The van der Waals surface area contributed by atoms with E-state index in [-0.39, 0.29) is 10.8 Å². The molecule has 0 saturated heterocycles. The van der Waals surface area contributed by atoms with Crippen molar-refractivity contribution in [1.82, 2.24) is 0 Å². The number of hydrogen-bond donors (Lipinski definition) is 2. The lowest BCUT2D eigenvalue weighted by atomic mass is 9.68. The van der Waals surface area contributed by atoms with E-state index in [9.17, 15) is 0 Å². The Morgan fingerprint density at radius 2 is 0.467 bits per heavy atom. The molecular weight excluding hydrogens is 1080 g/mol. The average Bonchev–Trinajstić information content (AvgIpc) is 1.53. The summed E-state index contributed by atoms with van der Waals surface area (Å²) in [6.07, 6.45) is 36.1. The molecule has 9 aromatic rings. The van der Waals surface area contributed by atoms with Crippen molar-refractivity contribution in [2.45, 2.75) is 218 Å². The molecule has 0 atom stereocenters. The maximum absolute atomic E-state index is 3.99. The molecule has 9 aromatic carbocycles. The number of anilines is 4. The summed E-state index contributed by atoms with van der Waals surface area (Å²) in [5.41, 5.74) is 26.8. The second-order valence-electron chi connectivity index (χ2n) is 26.9. The molecule has 0 saturated carbocycles. The van der Waals surface area contributed by atoms with Gasteiger partial charge in [0.2, 0.25) is 0 Å². The Labute approximate surface area is 543 Å². The SMILES string of the molecule is CCCCCCCCC1(CCCCCCCC)c2cc(Nc3ccc(-c4ccccc4-c4ccccc4)cc3)ccc2-c2cc3c(cc21)-c1ccc(Nc2ccc(-c4ccccc4-c4ccccc4)cc2)cc1C3(CCCCCCCC)CCCCCCCC. The van der Waals surface area contributed by atoms with Crippen LogP contribution < -0.4 is 10.6 Å². The maximum atomic E-state index is 3.99. The fourth-order valence-electron chi connectivity index (χ4n) is 15.8. The number of fused-ring (bicyclic) bond motifs is 6. The summed E-state index contributed by atoms with van der Waals surface area (Å²) in [4.78, 5) is 0. The first-order valence-electron chi connectivity index (χ1n) is 36.0. The fraction of sp³-hybridized carbons (Fsp3) is 0.386. The summed E-state index contributed by atoms with van der Waals surface area (Å²) in [6, 6.07) is 78.5. The standard InChI is InChI=1S/C88H104N2/c1-5-9-13-17-21-35-59-87(60-36-22-18-14-10-6-2)83-63-73(89-71-51-47-69(48-52-71)77-45-33-31-43-75(77)67-39-27-25-28-40-67)55-57-79(83)81-66-86-82(65-85(81)87)80-58-56-74(64-84(80)88(86,61-37-23-19-15-11-7-3)62-38-24-20-16-12-8-4)90-72-53-49-70(50-54-72)78-46-34-32-44-76(78)68-41-29-26-30-42-68/h25-34,39-58,63-66,89-90H,5-24,35-38,59-62H2,1-4H3. The molecule has 2 aliphatic rings. The molecule has 0 spiro atoms. The van der Waals surface area contributed by atoms with Crippen LogP contribution in [0.4, 0.5) is 22.7 Å². The second-order valence-corrected chi connectivity index (χ2v) is 26.9. The molecule has 0 heterocycles. The van der Waals surface area contributed by atoms with Crippen LogP contribution in [0.5, 0.6) is 0 Å². The first-order chi connectivity index (χ1) is 44.5. The fourth-order valence-corrected chi connectivity index (χ4v) is 15.8. The molecule has 2 heteroatoms. The zero-order valence-corrected chi connectivity index (χ0v) is 55.4. The first-order valence-corrected chi connectivity index (χ1v) is 36.0. The number of nitrogens with one attached hydrogen (secondary N) is 2. The van der Waals surface area contributed by atoms with E-state index < -0.39 is 0 Å². The van der Waals surface area contributed by atoms with Gasteiger partial charge in [0.1, 0.15) is 0 Å². The Kier molecular flexibility index (Phi) is 22.8. The minimum absolute atomic E-state index is 0.0723. The minimum atomic E-state index is -0.0723. The summed E-state index contributed by atoms with van der Waals surface area (Å²) in [6.45, 7) is 9.40. The maximum Gasteiger partial charge on any atom is 0.0387 e. The quantitative estimate of drug-likeness (QED) is 0.0383. The van der Waals surface area contributed by atoms with Gasteiger partial charge in [0.05, 0.1) is 0 Å². The van der Waals surface area contributed by atoms with Crippen LogP contribution in [0.3, 0.4) is 0 Å². The Morgan fingerprint density at radius 3 is 0.778 bits per heavy atom. The third-order valence-corrected chi connectivity index (χ3v) is 20.7. The average molecular weight is 1190 g/mol. The molecule has 0 aromatic heterocycles. The Hall–Kier alpha value is -7.42. The van der Waals surface area contributed by atoms with Gasteiger partial charge in [0.25, 0.3) is 0 Å². The molecular formula is C88H104N2. The van der Waals surface area contributed by atoms with Crippen molar-refractivity contribution >= 4 is 22.7 Å². The van der Waals surface area contributed by atoms with Gasteiger partial charge in [-0.3, -0.25) is 0 Å². The molecule has 2 N–H and O–H groups in total. The summed E-state index contributed by atoms with van der Waals surface area (Å²) >= 11 is 0. The third kappa shape index (κ3) is 15.0. The van der Waals surface area contributed by atoms with Crippen LogP contribution in [-0.4, -0.2) is 0 Å². The van der Waals surface area contributed by atoms with Gasteiger partial charge < -0.3 is 10.6 Å². The second kappa shape index (κ2) is 32.0. The lowest BCUT2D eigenvalue weighted by Gasteiger charge is -2.35. The molecule has 0 bridgehead atoms. The summed E-state index contributed by atoms with van der Waals surface area (Å²) in [5, 5.41) is 7.99.